The van der Waals surface area contributed by atoms with Crippen molar-refractivity contribution in [2.75, 3.05) is 26.3 Å². The van der Waals surface area contributed by atoms with Crippen molar-refractivity contribution < 1.29 is 29.6 Å². The number of alkyl halides is 1. The summed E-state index contributed by atoms with van der Waals surface area (Å²) in [7, 11) is 0. The molecule has 4 unspecified atom stereocenters. The Hall–Kier alpha value is -1.35. The molecule has 3 rings (SSSR count). The van der Waals surface area contributed by atoms with Gasteiger partial charge in [-0.25, -0.2) is 4.39 Å². The van der Waals surface area contributed by atoms with Gasteiger partial charge in [-0.2, -0.15) is 0 Å². The molecule has 0 spiro atoms. The molecule has 0 aromatic heterocycles. The molecule has 1 fully saturated rings. The number of aliphatic hydroxyl groups is 4. The molecule has 1 aliphatic heterocycles. The van der Waals surface area contributed by atoms with E-state index in [4.69, 9.17) is 4.74 Å². The second kappa shape index (κ2) is 12.0. The van der Waals surface area contributed by atoms with E-state index in [1.54, 1.807) is 6.08 Å². The summed E-state index contributed by atoms with van der Waals surface area (Å²) in [5, 5.41) is 39.1. The number of benzene rings is 1. The van der Waals surface area contributed by atoms with Crippen molar-refractivity contribution in [1.29, 1.82) is 0 Å². The van der Waals surface area contributed by atoms with E-state index in [9.17, 15) is 24.8 Å². The molecule has 1 aromatic carbocycles. The molecule has 1 saturated heterocycles. The fourth-order valence-corrected chi connectivity index (χ4v) is 4.52. The Morgan fingerprint density at radius 3 is 2.52 bits per heavy atom. The molecular weight excluding hydrogens is 401 g/mol. The molecule has 0 radical (unpaired) electrons. The summed E-state index contributed by atoms with van der Waals surface area (Å²) in [5.41, 5.74) is 2.28. The van der Waals surface area contributed by atoms with E-state index in [1.165, 1.54) is 5.56 Å². The molecule has 4 N–H and O–H groups in total. The fraction of sp³-hybridized carbons (Fsp3) is 0.667. The SMILES string of the molecule is OCC1[C@@H](O)C(O)[C@@H](O)CN1CCCCCOCc1ccc(C2CC=CC(F)C2)cc1. The first-order chi connectivity index (χ1) is 15.0. The Morgan fingerprint density at radius 2 is 1.81 bits per heavy atom. The predicted molar refractivity (Wildman–Crippen MR) is 116 cm³/mol. The summed E-state index contributed by atoms with van der Waals surface area (Å²) in [6, 6.07) is 7.71. The van der Waals surface area contributed by atoms with Crippen molar-refractivity contribution in [3.8, 4) is 0 Å². The molecule has 174 valence electrons. The number of nitrogens with zero attached hydrogens (tertiary/aromatic N) is 1. The quantitative estimate of drug-likeness (QED) is 0.330. The van der Waals surface area contributed by atoms with Crippen molar-refractivity contribution in [2.45, 2.75) is 75.2 Å². The van der Waals surface area contributed by atoms with E-state index >= 15 is 0 Å². The van der Waals surface area contributed by atoms with Gasteiger partial charge < -0.3 is 25.2 Å². The highest BCUT2D eigenvalue weighted by molar-refractivity contribution is 5.27. The minimum atomic E-state index is -1.21. The van der Waals surface area contributed by atoms with Crippen LogP contribution in [0.2, 0.25) is 0 Å². The van der Waals surface area contributed by atoms with Gasteiger partial charge in [-0.1, -0.05) is 36.4 Å². The number of piperidine rings is 1. The number of allylic oxidation sites excluding steroid dienone is 2. The molecule has 0 bridgehead atoms. The number of hydrogen-bond acceptors (Lipinski definition) is 6. The highest BCUT2D eigenvalue weighted by atomic mass is 19.1. The van der Waals surface area contributed by atoms with Gasteiger partial charge in [0.25, 0.3) is 0 Å². The summed E-state index contributed by atoms with van der Waals surface area (Å²) in [4.78, 5) is 1.84. The molecule has 2 aliphatic rings. The summed E-state index contributed by atoms with van der Waals surface area (Å²) >= 11 is 0. The van der Waals surface area contributed by atoms with Crippen LogP contribution in [0.25, 0.3) is 0 Å². The van der Waals surface area contributed by atoms with Gasteiger partial charge in [0.1, 0.15) is 18.4 Å². The highest BCUT2D eigenvalue weighted by Crippen LogP contribution is 2.30. The molecule has 1 aromatic rings. The van der Waals surface area contributed by atoms with Gasteiger partial charge in [0, 0.05) is 13.2 Å². The van der Waals surface area contributed by atoms with Crippen LogP contribution in [0.3, 0.4) is 0 Å². The topological polar surface area (TPSA) is 93.4 Å². The smallest absolute Gasteiger partial charge is 0.119 e. The third-order valence-electron chi connectivity index (χ3n) is 6.45. The Bertz CT molecular complexity index is 685. The van der Waals surface area contributed by atoms with E-state index < -0.39 is 30.5 Å². The molecule has 1 heterocycles. The molecule has 0 amide bonds. The van der Waals surface area contributed by atoms with Gasteiger partial charge in [0.05, 0.1) is 25.4 Å². The average Bonchev–Trinajstić information content (AvgIpc) is 2.77. The van der Waals surface area contributed by atoms with E-state index in [-0.39, 0.29) is 19.1 Å². The molecule has 6 atom stereocenters. The number of likely N-dealkylation sites (tertiary alicyclic amines) is 1. The summed E-state index contributed by atoms with van der Waals surface area (Å²) in [6.07, 6.45) is 3.52. The maximum absolute atomic E-state index is 13.5. The van der Waals surface area contributed by atoms with Crippen LogP contribution < -0.4 is 0 Å². The van der Waals surface area contributed by atoms with Crippen LogP contribution in [0.5, 0.6) is 0 Å². The number of β-amino-alcohol motifs (C(OH)–C–C–N with tert-alkyl or cyclic N) is 1. The van der Waals surface area contributed by atoms with Crippen molar-refractivity contribution in [3.63, 3.8) is 0 Å². The normalized spacial score (nSPS) is 31.8. The van der Waals surface area contributed by atoms with Gasteiger partial charge in [-0.3, -0.25) is 4.90 Å². The second-order valence-corrected chi connectivity index (χ2v) is 8.76. The number of ether oxygens (including phenoxy) is 1. The Morgan fingerprint density at radius 1 is 1.03 bits per heavy atom. The predicted octanol–water partition coefficient (Wildman–Crippen LogP) is 1.90. The number of rotatable bonds is 10. The molecule has 6 nitrogen and oxygen atoms in total. The number of hydrogen-bond donors (Lipinski definition) is 4. The van der Waals surface area contributed by atoms with Crippen LogP contribution in [0, 0.1) is 0 Å². The van der Waals surface area contributed by atoms with Gasteiger partial charge in [-0.05, 0) is 55.7 Å². The Labute approximate surface area is 184 Å². The zero-order chi connectivity index (χ0) is 22.2. The van der Waals surface area contributed by atoms with Crippen molar-refractivity contribution in [3.05, 3.63) is 47.5 Å². The molecule has 0 saturated carbocycles. The lowest BCUT2D eigenvalue weighted by Crippen LogP contribution is -2.62. The molecule has 31 heavy (non-hydrogen) atoms. The van der Waals surface area contributed by atoms with E-state index in [1.807, 2.05) is 11.0 Å². The third kappa shape index (κ3) is 6.81. The largest absolute Gasteiger partial charge is 0.395 e. The van der Waals surface area contributed by atoms with Crippen molar-refractivity contribution >= 4 is 0 Å². The maximum atomic E-state index is 13.5. The number of aliphatic hydroxyl groups excluding tert-OH is 4. The standard InChI is InChI=1S/C24H36FNO5/c25-20-6-4-5-19(13-20)18-9-7-17(8-10-18)16-31-12-3-1-2-11-26-14-22(28)24(30)23(29)21(26)15-27/h4,6-10,19-24,27-30H,1-3,5,11-16H2/t19?,20?,21?,22-,23+,24?/m0/s1. The van der Waals surface area contributed by atoms with Crippen LogP contribution >= 0.6 is 0 Å². The summed E-state index contributed by atoms with van der Waals surface area (Å²) < 4.78 is 19.3. The lowest BCUT2D eigenvalue weighted by atomic mass is 9.87. The third-order valence-corrected chi connectivity index (χ3v) is 6.45. The zero-order valence-electron chi connectivity index (χ0n) is 18.0. The minimum Gasteiger partial charge on any atom is -0.395 e. The minimum absolute atomic E-state index is 0.249. The monoisotopic (exact) mass is 437 g/mol. The number of unbranched alkanes of at least 4 members (excludes halogenated alkanes) is 2. The van der Waals surface area contributed by atoms with Crippen molar-refractivity contribution in [1.82, 2.24) is 4.90 Å². The Balaban J connectivity index is 1.30. The van der Waals surface area contributed by atoms with E-state index in [2.05, 4.69) is 24.3 Å². The lowest BCUT2D eigenvalue weighted by molar-refractivity contribution is -0.145. The molecule has 7 heteroatoms. The fourth-order valence-electron chi connectivity index (χ4n) is 4.52. The van der Waals surface area contributed by atoms with Gasteiger partial charge in [0.15, 0.2) is 0 Å². The van der Waals surface area contributed by atoms with Crippen LogP contribution in [-0.4, -0.2) is 82.2 Å². The Kier molecular flexibility index (Phi) is 9.44. The number of halogens is 1. The van der Waals surface area contributed by atoms with E-state index in [0.29, 0.717) is 26.2 Å². The average molecular weight is 438 g/mol. The summed E-state index contributed by atoms with van der Waals surface area (Å²) in [5.74, 6) is 0.255. The first kappa shape index (κ1) is 24.3. The van der Waals surface area contributed by atoms with Crippen LogP contribution in [-0.2, 0) is 11.3 Å². The first-order valence-electron chi connectivity index (χ1n) is 11.4. The van der Waals surface area contributed by atoms with Gasteiger partial charge in [0.2, 0.25) is 0 Å². The van der Waals surface area contributed by atoms with Crippen LogP contribution in [0.1, 0.15) is 49.1 Å². The van der Waals surface area contributed by atoms with Crippen LogP contribution in [0.15, 0.2) is 36.4 Å². The first-order valence-corrected chi connectivity index (χ1v) is 11.4. The van der Waals surface area contributed by atoms with Crippen molar-refractivity contribution in [2.24, 2.45) is 0 Å². The maximum Gasteiger partial charge on any atom is 0.119 e. The summed E-state index contributed by atoms with van der Waals surface area (Å²) in [6.45, 7) is 1.83. The molecule has 1 aliphatic carbocycles. The highest BCUT2D eigenvalue weighted by Gasteiger charge is 2.40. The van der Waals surface area contributed by atoms with Gasteiger partial charge in [-0.15, -0.1) is 0 Å². The van der Waals surface area contributed by atoms with Crippen LogP contribution in [0.4, 0.5) is 4.39 Å². The lowest BCUT2D eigenvalue weighted by Gasteiger charge is -2.43. The van der Waals surface area contributed by atoms with E-state index in [0.717, 1.165) is 31.2 Å². The van der Waals surface area contributed by atoms with Gasteiger partial charge >= 0.3 is 0 Å². The zero-order valence-corrected chi connectivity index (χ0v) is 18.0. The second-order valence-electron chi connectivity index (χ2n) is 8.76. The molecular formula is C24H36FNO5.